The molecule has 1 aliphatic carbocycles. The van der Waals surface area contributed by atoms with Crippen LogP contribution in [0.2, 0.25) is 0 Å². The summed E-state index contributed by atoms with van der Waals surface area (Å²) in [6.07, 6.45) is 2.91. The van der Waals surface area contributed by atoms with E-state index in [1.807, 2.05) is 48.7 Å². The van der Waals surface area contributed by atoms with E-state index in [1.165, 1.54) is 16.2 Å². The number of nitriles is 1. The number of anilines is 2. The maximum atomic E-state index is 13.8. The van der Waals surface area contributed by atoms with Crippen LogP contribution in [0.25, 0.3) is 0 Å². The van der Waals surface area contributed by atoms with Gasteiger partial charge in [-0.3, -0.25) is 14.4 Å². The number of hydroxylamine groups is 1. The maximum absolute atomic E-state index is 13.8. The van der Waals surface area contributed by atoms with E-state index in [0.29, 0.717) is 10.6 Å². The average molecular weight is 476 g/mol. The minimum absolute atomic E-state index is 0.283. The van der Waals surface area contributed by atoms with E-state index < -0.39 is 18.1 Å². The SMILES string of the molecule is Cc1ccccc1N1O[C@@H]2C(=O)N(c3sc4c(c3C#N)CCCC4)C(=O)[C@@H]2[C@H]1c1cccs1. The number of carbonyl (C=O) groups is 2. The van der Waals surface area contributed by atoms with E-state index in [2.05, 4.69) is 6.07 Å². The standard InChI is InChI=1S/C25H21N3O3S2/c1-14-7-2-4-9-17(14)28-21(19-11-6-12-32-19)20-22(31-28)24(30)27(23(20)29)25-16(13-26)15-8-3-5-10-18(15)33-25/h2,4,6-7,9,11-12,20-22H,3,5,8,10H2,1H3/t20-,21-,22+/m1/s1. The summed E-state index contributed by atoms with van der Waals surface area (Å²) in [5.41, 5.74) is 3.36. The molecule has 33 heavy (non-hydrogen) atoms. The molecule has 1 aromatic carbocycles. The van der Waals surface area contributed by atoms with Crippen LogP contribution in [0.1, 0.15) is 45.3 Å². The van der Waals surface area contributed by atoms with Crippen molar-refractivity contribution in [2.75, 3.05) is 9.96 Å². The first kappa shape index (κ1) is 20.6. The van der Waals surface area contributed by atoms with Crippen LogP contribution in [0.15, 0.2) is 41.8 Å². The zero-order valence-corrected chi connectivity index (χ0v) is 19.6. The summed E-state index contributed by atoms with van der Waals surface area (Å²) >= 11 is 2.97. The molecular formula is C25H21N3O3S2. The van der Waals surface area contributed by atoms with Crippen LogP contribution in [-0.2, 0) is 27.3 Å². The molecule has 2 saturated heterocycles. The Labute approximate surface area is 199 Å². The van der Waals surface area contributed by atoms with E-state index in [0.717, 1.165) is 52.3 Å². The molecule has 2 amide bonds. The van der Waals surface area contributed by atoms with Gasteiger partial charge in [0.2, 0.25) is 5.91 Å². The van der Waals surface area contributed by atoms with Gasteiger partial charge in [0.15, 0.2) is 6.10 Å². The van der Waals surface area contributed by atoms with E-state index >= 15 is 0 Å². The van der Waals surface area contributed by atoms with E-state index in [9.17, 15) is 14.9 Å². The van der Waals surface area contributed by atoms with Crippen molar-refractivity contribution in [3.05, 3.63) is 68.2 Å². The number of fused-ring (bicyclic) bond motifs is 2. The minimum atomic E-state index is -0.908. The van der Waals surface area contributed by atoms with Crippen molar-refractivity contribution in [3.63, 3.8) is 0 Å². The zero-order chi connectivity index (χ0) is 22.7. The zero-order valence-electron chi connectivity index (χ0n) is 18.0. The molecule has 3 aliphatic rings. The molecule has 0 bridgehead atoms. The Bertz CT molecular complexity index is 1310. The predicted molar refractivity (Wildman–Crippen MR) is 127 cm³/mol. The lowest BCUT2D eigenvalue weighted by atomic mass is 9.95. The van der Waals surface area contributed by atoms with Crippen molar-refractivity contribution in [1.29, 1.82) is 5.26 Å². The summed E-state index contributed by atoms with van der Waals surface area (Å²) in [7, 11) is 0. The van der Waals surface area contributed by atoms with Crippen LogP contribution in [0.4, 0.5) is 10.7 Å². The second kappa shape index (κ2) is 7.80. The quantitative estimate of drug-likeness (QED) is 0.503. The Balaban J connectivity index is 1.44. The van der Waals surface area contributed by atoms with Gasteiger partial charge in [0.25, 0.3) is 5.91 Å². The van der Waals surface area contributed by atoms with Gasteiger partial charge in [-0.05, 0) is 61.2 Å². The number of carbonyl (C=O) groups excluding carboxylic acids is 2. The molecule has 2 fully saturated rings. The summed E-state index contributed by atoms with van der Waals surface area (Å²) in [5, 5.41) is 14.1. The third-order valence-corrected chi connectivity index (χ3v) is 8.99. The number of imide groups is 1. The lowest BCUT2D eigenvalue weighted by molar-refractivity contribution is -0.126. The molecule has 0 unspecified atom stereocenters. The Kier molecular flexibility index (Phi) is 4.87. The number of hydrogen-bond donors (Lipinski definition) is 0. The first-order valence-corrected chi connectivity index (χ1v) is 12.8. The topological polar surface area (TPSA) is 73.6 Å². The molecule has 3 atom stereocenters. The van der Waals surface area contributed by atoms with Crippen molar-refractivity contribution in [1.82, 2.24) is 0 Å². The number of nitrogens with zero attached hydrogens (tertiary/aromatic N) is 3. The monoisotopic (exact) mass is 475 g/mol. The highest BCUT2D eigenvalue weighted by atomic mass is 32.1. The number of amides is 2. The Hall–Kier alpha value is -2.99. The van der Waals surface area contributed by atoms with Gasteiger partial charge in [0, 0.05) is 9.75 Å². The molecule has 6 nitrogen and oxygen atoms in total. The fraction of sp³-hybridized carbons (Fsp3) is 0.320. The second-order valence-electron chi connectivity index (χ2n) is 8.64. The fourth-order valence-electron chi connectivity index (χ4n) is 5.21. The number of hydrogen-bond acceptors (Lipinski definition) is 7. The maximum Gasteiger partial charge on any atom is 0.267 e. The molecule has 0 radical (unpaired) electrons. The molecule has 3 aromatic rings. The summed E-state index contributed by atoms with van der Waals surface area (Å²) < 4.78 is 0. The van der Waals surface area contributed by atoms with Crippen molar-refractivity contribution in [2.45, 2.75) is 44.8 Å². The lowest BCUT2D eigenvalue weighted by Crippen LogP contribution is -2.37. The molecule has 6 rings (SSSR count). The number of thiophene rings is 2. The smallest absolute Gasteiger partial charge is 0.267 e. The number of benzene rings is 1. The van der Waals surface area contributed by atoms with Gasteiger partial charge in [-0.2, -0.15) is 5.26 Å². The fourth-order valence-corrected chi connectivity index (χ4v) is 7.41. The van der Waals surface area contributed by atoms with Crippen LogP contribution in [0, 0.1) is 24.2 Å². The molecule has 0 N–H and O–H groups in total. The Morgan fingerprint density at radius 1 is 1.09 bits per heavy atom. The molecule has 0 spiro atoms. The normalized spacial score (nSPS) is 24.2. The first-order chi connectivity index (χ1) is 16.1. The predicted octanol–water partition coefficient (Wildman–Crippen LogP) is 4.92. The molecule has 2 aliphatic heterocycles. The van der Waals surface area contributed by atoms with Gasteiger partial charge in [-0.1, -0.05) is 24.3 Å². The van der Waals surface area contributed by atoms with Gasteiger partial charge in [-0.25, -0.2) is 9.96 Å². The van der Waals surface area contributed by atoms with Gasteiger partial charge in [0.1, 0.15) is 23.0 Å². The summed E-state index contributed by atoms with van der Waals surface area (Å²) in [4.78, 5) is 37.0. The van der Waals surface area contributed by atoms with E-state index in [1.54, 1.807) is 16.4 Å². The molecule has 166 valence electrons. The Morgan fingerprint density at radius 2 is 1.91 bits per heavy atom. The minimum Gasteiger partial charge on any atom is -0.273 e. The first-order valence-electron chi connectivity index (χ1n) is 11.1. The van der Waals surface area contributed by atoms with E-state index in [-0.39, 0.29) is 11.8 Å². The molecule has 8 heteroatoms. The van der Waals surface area contributed by atoms with Gasteiger partial charge in [0.05, 0.1) is 11.3 Å². The number of aryl methyl sites for hydroxylation is 2. The van der Waals surface area contributed by atoms with Crippen molar-refractivity contribution < 1.29 is 14.4 Å². The van der Waals surface area contributed by atoms with Crippen molar-refractivity contribution >= 4 is 45.2 Å². The van der Waals surface area contributed by atoms with Crippen molar-refractivity contribution in [2.24, 2.45) is 5.92 Å². The van der Waals surface area contributed by atoms with Crippen LogP contribution >= 0.6 is 22.7 Å². The molecule has 4 heterocycles. The third-order valence-electron chi connectivity index (χ3n) is 6.77. The average Bonchev–Trinajstić information content (AvgIpc) is 3.58. The summed E-state index contributed by atoms with van der Waals surface area (Å²) in [5.74, 6) is -1.33. The van der Waals surface area contributed by atoms with Crippen LogP contribution in [0.3, 0.4) is 0 Å². The van der Waals surface area contributed by atoms with E-state index in [4.69, 9.17) is 4.84 Å². The largest absolute Gasteiger partial charge is 0.273 e. The number of para-hydroxylation sites is 1. The highest BCUT2D eigenvalue weighted by molar-refractivity contribution is 7.17. The van der Waals surface area contributed by atoms with Crippen LogP contribution in [0.5, 0.6) is 0 Å². The highest BCUT2D eigenvalue weighted by Crippen LogP contribution is 2.51. The third kappa shape index (κ3) is 3.00. The summed E-state index contributed by atoms with van der Waals surface area (Å²) in [6, 6.07) is 13.6. The molecule has 2 aromatic heterocycles. The lowest BCUT2D eigenvalue weighted by Gasteiger charge is -2.28. The van der Waals surface area contributed by atoms with Crippen molar-refractivity contribution in [3.8, 4) is 6.07 Å². The molecular weight excluding hydrogens is 454 g/mol. The van der Waals surface area contributed by atoms with Crippen LogP contribution < -0.4 is 9.96 Å². The second-order valence-corrected chi connectivity index (χ2v) is 10.7. The summed E-state index contributed by atoms with van der Waals surface area (Å²) in [6.45, 7) is 1.99. The van der Waals surface area contributed by atoms with Gasteiger partial charge >= 0.3 is 0 Å². The van der Waals surface area contributed by atoms with Gasteiger partial charge in [-0.15, -0.1) is 22.7 Å². The highest BCUT2D eigenvalue weighted by Gasteiger charge is 2.61. The van der Waals surface area contributed by atoms with Crippen LogP contribution in [-0.4, -0.2) is 17.9 Å². The number of rotatable bonds is 3. The molecule has 0 saturated carbocycles. The Morgan fingerprint density at radius 3 is 2.67 bits per heavy atom. The van der Waals surface area contributed by atoms with Gasteiger partial charge < -0.3 is 0 Å².